The lowest BCUT2D eigenvalue weighted by molar-refractivity contribution is 0.144. The predicted octanol–water partition coefficient (Wildman–Crippen LogP) is 3.73. The summed E-state index contributed by atoms with van der Waals surface area (Å²) in [5.41, 5.74) is 1.89. The summed E-state index contributed by atoms with van der Waals surface area (Å²) in [5, 5.41) is 8.60. The molecule has 1 rings (SSSR count). The van der Waals surface area contributed by atoms with Crippen molar-refractivity contribution in [2.45, 2.75) is 26.2 Å². The first kappa shape index (κ1) is 12.3. The average molecular weight is 220 g/mol. The molecule has 16 heavy (non-hydrogen) atoms. The summed E-state index contributed by atoms with van der Waals surface area (Å²) in [4.78, 5) is 10.5. The molecule has 3 heteroatoms. The van der Waals surface area contributed by atoms with E-state index in [4.69, 9.17) is 9.84 Å². The molecule has 0 saturated carbocycles. The molecule has 0 spiro atoms. The molecule has 0 atom stereocenters. The topological polar surface area (TPSA) is 46.5 Å². The maximum absolute atomic E-state index is 10.5. The van der Waals surface area contributed by atoms with E-state index >= 15 is 0 Å². The number of hydrogen-bond donors (Lipinski definition) is 1. The third-order valence-corrected chi connectivity index (χ3v) is 2.32. The normalized spacial score (nSPS) is 9.81. The van der Waals surface area contributed by atoms with Crippen LogP contribution in [-0.2, 0) is 6.42 Å². The third-order valence-electron chi connectivity index (χ3n) is 2.32. The van der Waals surface area contributed by atoms with Gasteiger partial charge in [-0.3, -0.25) is 0 Å². The number of carbonyl (C=O) groups is 1. The molecule has 0 radical (unpaired) electrons. The lowest BCUT2D eigenvalue weighted by Crippen LogP contribution is -2.05. The van der Waals surface area contributed by atoms with Crippen LogP contribution in [0.25, 0.3) is 6.08 Å². The molecule has 0 saturated heterocycles. The van der Waals surface area contributed by atoms with E-state index in [1.807, 2.05) is 6.07 Å². The van der Waals surface area contributed by atoms with Gasteiger partial charge in [0, 0.05) is 0 Å². The first-order valence-corrected chi connectivity index (χ1v) is 5.33. The lowest BCUT2D eigenvalue weighted by atomic mass is 10.0. The van der Waals surface area contributed by atoms with Crippen LogP contribution in [-0.4, -0.2) is 11.3 Å². The van der Waals surface area contributed by atoms with Crippen molar-refractivity contribution in [2.24, 2.45) is 0 Å². The van der Waals surface area contributed by atoms with Gasteiger partial charge in [0.15, 0.2) is 0 Å². The molecular formula is C13H16O3. The Balaban J connectivity index is 2.95. The van der Waals surface area contributed by atoms with Gasteiger partial charge in [0.1, 0.15) is 5.75 Å². The first-order chi connectivity index (χ1) is 7.67. The zero-order valence-electron chi connectivity index (χ0n) is 9.40. The minimum Gasteiger partial charge on any atom is -0.449 e. The van der Waals surface area contributed by atoms with E-state index in [1.54, 1.807) is 18.2 Å². The fraction of sp³-hybridized carbons (Fsp3) is 0.308. The Morgan fingerprint density at radius 2 is 2.31 bits per heavy atom. The van der Waals surface area contributed by atoms with Crippen LogP contribution < -0.4 is 4.74 Å². The molecule has 0 aliphatic heterocycles. The number of ether oxygens (including phenoxy) is 1. The number of rotatable bonds is 5. The molecule has 0 unspecified atom stereocenters. The Morgan fingerprint density at radius 3 is 2.88 bits per heavy atom. The van der Waals surface area contributed by atoms with E-state index in [-0.39, 0.29) is 0 Å². The highest BCUT2D eigenvalue weighted by molar-refractivity contribution is 5.63. The fourth-order valence-electron chi connectivity index (χ4n) is 1.48. The van der Waals surface area contributed by atoms with Crippen LogP contribution in [0.15, 0.2) is 24.8 Å². The van der Waals surface area contributed by atoms with Crippen molar-refractivity contribution in [3.8, 4) is 5.75 Å². The summed E-state index contributed by atoms with van der Waals surface area (Å²) in [6.07, 6.45) is 3.35. The monoisotopic (exact) mass is 220 g/mol. The third kappa shape index (κ3) is 3.42. The summed E-state index contributed by atoms with van der Waals surface area (Å²) in [6, 6.07) is 5.39. The number of hydrogen-bond acceptors (Lipinski definition) is 2. The number of carboxylic acid groups (broad SMARTS) is 1. The highest BCUT2D eigenvalue weighted by Crippen LogP contribution is 2.23. The molecule has 1 N–H and O–H groups in total. The summed E-state index contributed by atoms with van der Waals surface area (Å²) in [6.45, 7) is 5.78. The fourth-order valence-corrected chi connectivity index (χ4v) is 1.48. The summed E-state index contributed by atoms with van der Waals surface area (Å²) in [5.74, 6) is 0.423. The highest BCUT2D eigenvalue weighted by Gasteiger charge is 2.07. The van der Waals surface area contributed by atoms with Crippen molar-refractivity contribution >= 4 is 12.2 Å². The molecule has 1 aromatic carbocycles. The molecule has 0 amide bonds. The Bertz CT molecular complexity index is 383. The highest BCUT2D eigenvalue weighted by atomic mass is 16.7. The lowest BCUT2D eigenvalue weighted by Gasteiger charge is -2.08. The van der Waals surface area contributed by atoms with Gasteiger partial charge in [0.05, 0.1) is 0 Å². The van der Waals surface area contributed by atoms with Crippen LogP contribution >= 0.6 is 0 Å². The van der Waals surface area contributed by atoms with E-state index in [2.05, 4.69) is 13.5 Å². The number of benzene rings is 1. The van der Waals surface area contributed by atoms with Gasteiger partial charge >= 0.3 is 6.16 Å². The van der Waals surface area contributed by atoms with Crippen molar-refractivity contribution in [3.63, 3.8) is 0 Å². The van der Waals surface area contributed by atoms with Crippen LogP contribution in [0, 0.1) is 0 Å². The van der Waals surface area contributed by atoms with Gasteiger partial charge in [-0.15, -0.1) is 0 Å². The van der Waals surface area contributed by atoms with Gasteiger partial charge in [0.2, 0.25) is 0 Å². The van der Waals surface area contributed by atoms with Crippen molar-refractivity contribution < 1.29 is 14.6 Å². The second-order valence-electron chi connectivity index (χ2n) is 3.54. The van der Waals surface area contributed by atoms with Crippen molar-refractivity contribution in [2.75, 3.05) is 0 Å². The molecule has 1 aromatic rings. The zero-order valence-corrected chi connectivity index (χ0v) is 9.40. The quantitative estimate of drug-likeness (QED) is 0.607. The smallest absolute Gasteiger partial charge is 0.449 e. The molecule has 0 aliphatic rings. The van der Waals surface area contributed by atoms with Gasteiger partial charge in [-0.2, -0.15) is 0 Å². The van der Waals surface area contributed by atoms with Crippen LogP contribution in [0.3, 0.4) is 0 Å². The van der Waals surface area contributed by atoms with Crippen molar-refractivity contribution in [3.05, 3.63) is 35.9 Å². The van der Waals surface area contributed by atoms with Crippen molar-refractivity contribution in [1.82, 2.24) is 0 Å². The molecule has 3 nitrogen and oxygen atoms in total. The van der Waals surface area contributed by atoms with Crippen LogP contribution in [0.4, 0.5) is 4.79 Å². The molecular weight excluding hydrogens is 204 g/mol. The summed E-state index contributed by atoms with van der Waals surface area (Å²) < 4.78 is 4.72. The second-order valence-corrected chi connectivity index (χ2v) is 3.54. The van der Waals surface area contributed by atoms with Gasteiger partial charge in [-0.25, -0.2) is 4.79 Å². The molecule has 0 bridgehead atoms. The van der Waals surface area contributed by atoms with Crippen LogP contribution in [0.5, 0.6) is 5.75 Å². The Kier molecular flexibility index (Phi) is 4.58. The van der Waals surface area contributed by atoms with E-state index in [1.165, 1.54) is 0 Å². The standard InChI is InChI=1S/C13H16O3/c1-3-5-6-11-9-10(4-2)7-8-12(11)16-13(14)15/h4,7-9H,2-3,5-6H2,1H3,(H,14,15). The Labute approximate surface area is 95.4 Å². The van der Waals surface area contributed by atoms with E-state index in [0.717, 1.165) is 30.4 Å². The SMILES string of the molecule is C=Cc1ccc(OC(=O)O)c(CCCC)c1. The maximum Gasteiger partial charge on any atom is 0.511 e. The zero-order chi connectivity index (χ0) is 12.0. The van der Waals surface area contributed by atoms with Gasteiger partial charge in [-0.1, -0.05) is 32.1 Å². The first-order valence-electron chi connectivity index (χ1n) is 5.33. The minimum atomic E-state index is -1.27. The van der Waals surface area contributed by atoms with Gasteiger partial charge < -0.3 is 9.84 Å². The summed E-state index contributed by atoms with van der Waals surface area (Å²) in [7, 11) is 0. The maximum atomic E-state index is 10.5. The van der Waals surface area contributed by atoms with Crippen molar-refractivity contribution in [1.29, 1.82) is 0 Å². The van der Waals surface area contributed by atoms with E-state index in [9.17, 15) is 4.79 Å². The largest absolute Gasteiger partial charge is 0.511 e. The molecule has 0 aromatic heterocycles. The van der Waals surface area contributed by atoms with E-state index < -0.39 is 6.16 Å². The van der Waals surface area contributed by atoms with Crippen LogP contribution in [0.2, 0.25) is 0 Å². The minimum absolute atomic E-state index is 0.423. The Hall–Kier alpha value is -1.77. The Morgan fingerprint density at radius 1 is 1.56 bits per heavy atom. The molecule has 0 fully saturated rings. The summed E-state index contributed by atoms with van der Waals surface area (Å²) >= 11 is 0. The second kappa shape index (κ2) is 5.95. The number of aryl methyl sites for hydroxylation is 1. The number of unbranched alkanes of at least 4 members (excludes halogenated alkanes) is 1. The average Bonchev–Trinajstić information content (AvgIpc) is 2.27. The van der Waals surface area contributed by atoms with Gasteiger partial charge in [-0.05, 0) is 36.1 Å². The molecule has 0 aliphatic carbocycles. The molecule has 86 valence electrons. The van der Waals surface area contributed by atoms with E-state index in [0.29, 0.717) is 5.75 Å². The van der Waals surface area contributed by atoms with Crippen LogP contribution in [0.1, 0.15) is 30.9 Å². The van der Waals surface area contributed by atoms with Gasteiger partial charge in [0.25, 0.3) is 0 Å². The molecule has 0 heterocycles. The predicted molar refractivity (Wildman–Crippen MR) is 63.8 cm³/mol.